The molecular weight excluding hydrogens is 360 g/mol. The molecule has 3 rings (SSSR count). The number of thiophene rings is 1. The number of nitrogens with one attached hydrogen (secondary N) is 2. The Labute approximate surface area is 155 Å². The summed E-state index contributed by atoms with van der Waals surface area (Å²) in [5.74, 6) is -0.330. The molecule has 132 valence electrons. The van der Waals surface area contributed by atoms with Gasteiger partial charge in [-0.25, -0.2) is 0 Å². The zero-order valence-corrected chi connectivity index (χ0v) is 15.2. The van der Waals surface area contributed by atoms with E-state index in [1.807, 2.05) is 6.07 Å². The van der Waals surface area contributed by atoms with Crippen molar-refractivity contribution in [2.75, 3.05) is 6.61 Å². The van der Waals surface area contributed by atoms with Crippen LogP contribution in [-0.2, 0) is 17.6 Å². The van der Waals surface area contributed by atoms with Crippen molar-refractivity contribution in [3.8, 4) is 5.75 Å². The maximum Gasteiger partial charge on any atom is 0.279 e. The summed E-state index contributed by atoms with van der Waals surface area (Å²) in [6, 6.07) is 8.83. The molecule has 1 aliphatic carbocycles. The molecule has 0 saturated heterocycles. The molecule has 1 heterocycles. The number of fused-ring (bicyclic) bond motifs is 1. The second-order valence-corrected chi connectivity index (χ2v) is 7.39. The Morgan fingerprint density at radius 3 is 2.76 bits per heavy atom. The molecule has 0 fully saturated rings. The molecule has 0 saturated carbocycles. The fourth-order valence-corrected chi connectivity index (χ4v) is 4.05. The van der Waals surface area contributed by atoms with Crippen LogP contribution in [0.25, 0.3) is 0 Å². The van der Waals surface area contributed by atoms with Gasteiger partial charge in [-0.05, 0) is 49.4 Å². The SMILES string of the molecule is O=C(COc1ccccc1Cl)NNC(=O)c1cc2c(s1)CCCCC2. The molecule has 2 N–H and O–H groups in total. The molecule has 2 aromatic rings. The summed E-state index contributed by atoms with van der Waals surface area (Å²) in [7, 11) is 0. The Bertz CT molecular complexity index is 752. The van der Waals surface area contributed by atoms with Crippen LogP contribution in [-0.4, -0.2) is 18.4 Å². The highest BCUT2D eigenvalue weighted by Gasteiger charge is 2.17. The van der Waals surface area contributed by atoms with Gasteiger partial charge in [0.1, 0.15) is 5.75 Å². The van der Waals surface area contributed by atoms with E-state index in [4.69, 9.17) is 16.3 Å². The fraction of sp³-hybridized carbons (Fsp3) is 0.333. The third-order valence-electron chi connectivity index (χ3n) is 3.98. The lowest BCUT2D eigenvalue weighted by Gasteiger charge is -2.09. The van der Waals surface area contributed by atoms with E-state index < -0.39 is 5.91 Å². The zero-order valence-electron chi connectivity index (χ0n) is 13.6. The van der Waals surface area contributed by atoms with Gasteiger partial charge in [-0.3, -0.25) is 20.4 Å². The largest absolute Gasteiger partial charge is 0.482 e. The average Bonchev–Trinajstić information content (AvgIpc) is 2.90. The van der Waals surface area contributed by atoms with Crippen molar-refractivity contribution in [3.05, 3.63) is 50.7 Å². The summed E-state index contributed by atoms with van der Waals surface area (Å²) in [5.41, 5.74) is 6.06. The molecule has 1 aromatic carbocycles. The first kappa shape index (κ1) is 17.8. The summed E-state index contributed by atoms with van der Waals surface area (Å²) in [5, 5.41) is 0.430. The van der Waals surface area contributed by atoms with Gasteiger partial charge in [-0.15, -0.1) is 11.3 Å². The molecule has 7 heteroatoms. The van der Waals surface area contributed by atoms with Gasteiger partial charge < -0.3 is 4.74 Å². The Hall–Kier alpha value is -2.05. The predicted octanol–water partition coefficient (Wildman–Crippen LogP) is 3.51. The van der Waals surface area contributed by atoms with Crippen LogP contribution in [0.5, 0.6) is 5.75 Å². The highest BCUT2D eigenvalue weighted by Crippen LogP contribution is 2.28. The number of benzene rings is 1. The first-order valence-electron chi connectivity index (χ1n) is 8.21. The highest BCUT2D eigenvalue weighted by atomic mass is 35.5. The molecular formula is C18H19ClN2O3S. The van der Waals surface area contributed by atoms with E-state index in [9.17, 15) is 9.59 Å². The number of amides is 2. The Morgan fingerprint density at radius 1 is 1.12 bits per heavy atom. The Kier molecular flexibility index (Phi) is 5.94. The zero-order chi connectivity index (χ0) is 17.6. The lowest BCUT2D eigenvalue weighted by Crippen LogP contribution is -2.43. The number of carbonyl (C=O) groups excluding carboxylic acids is 2. The lowest BCUT2D eigenvalue weighted by molar-refractivity contribution is -0.123. The number of hydrogen-bond acceptors (Lipinski definition) is 4. The van der Waals surface area contributed by atoms with Crippen LogP contribution in [0.3, 0.4) is 0 Å². The van der Waals surface area contributed by atoms with E-state index >= 15 is 0 Å². The van der Waals surface area contributed by atoms with E-state index in [0.717, 1.165) is 12.8 Å². The monoisotopic (exact) mass is 378 g/mol. The number of carbonyl (C=O) groups is 2. The van der Waals surface area contributed by atoms with Crippen molar-refractivity contribution in [2.24, 2.45) is 0 Å². The second-order valence-electron chi connectivity index (χ2n) is 5.84. The Balaban J connectivity index is 1.49. The lowest BCUT2D eigenvalue weighted by atomic mass is 10.1. The topological polar surface area (TPSA) is 67.4 Å². The molecule has 2 amide bonds. The fourth-order valence-electron chi connectivity index (χ4n) is 2.71. The van der Waals surface area contributed by atoms with Gasteiger partial charge in [0.05, 0.1) is 9.90 Å². The van der Waals surface area contributed by atoms with Gasteiger partial charge in [0.25, 0.3) is 11.8 Å². The molecule has 0 unspecified atom stereocenters. The smallest absolute Gasteiger partial charge is 0.279 e. The number of para-hydroxylation sites is 1. The molecule has 1 aliphatic rings. The number of halogens is 1. The number of hydrazine groups is 1. The predicted molar refractivity (Wildman–Crippen MR) is 98.1 cm³/mol. The minimum absolute atomic E-state index is 0.231. The van der Waals surface area contributed by atoms with Crippen LogP contribution >= 0.6 is 22.9 Å². The number of ether oxygens (including phenoxy) is 1. The average molecular weight is 379 g/mol. The minimum Gasteiger partial charge on any atom is -0.482 e. The van der Waals surface area contributed by atoms with Crippen molar-refractivity contribution in [1.29, 1.82) is 0 Å². The summed E-state index contributed by atoms with van der Waals surface area (Å²) in [6.07, 6.45) is 5.64. The number of rotatable bonds is 4. The molecule has 1 aromatic heterocycles. The summed E-state index contributed by atoms with van der Waals surface area (Å²) in [4.78, 5) is 25.9. The van der Waals surface area contributed by atoms with Crippen LogP contribution in [0.2, 0.25) is 5.02 Å². The molecule has 0 atom stereocenters. The van der Waals surface area contributed by atoms with Crippen LogP contribution in [0, 0.1) is 0 Å². The number of aryl methyl sites for hydroxylation is 2. The van der Waals surface area contributed by atoms with Crippen molar-refractivity contribution in [1.82, 2.24) is 10.9 Å². The Morgan fingerprint density at radius 2 is 1.92 bits per heavy atom. The van der Waals surface area contributed by atoms with Crippen LogP contribution < -0.4 is 15.6 Å². The molecule has 0 bridgehead atoms. The van der Waals surface area contributed by atoms with Crippen LogP contribution in [0.4, 0.5) is 0 Å². The third kappa shape index (κ3) is 4.74. The van der Waals surface area contributed by atoms with Gasteiger partial charge >= 0.3 is 0 Å². The number of hydrogen-bond donors (Lipinski definition) is 2. The molecule has 0 aliphatic heterocycles. The van der Waals surface area contributed by atoms with E-state index in [-0.39, 0.29) is 12.5 Å². The molecule has 0 radical (unpaired) electrons. The maximum atomic E-state index is 12.2. The summed E-state index contributed by atoms with van der Waals surface area (Å²) in [6.45, 7) is -0.231. The summed E-state index contributed by atoms with van der Waals surface area (Å²) < 4.78 is 5.32. The van der Waals surface area contributed by atoms with E-state index in [2.05, 4.69) is 10.9 Å². The van der Waals surface area contributed by atoms with Gasteiger partial charge in [-0.2, -0.15) is 0 Å². The van der Waals surface area contributed by atoms with Gasteiger partial charge in [0.2, 0.25) is 0 Å². The minimum atomic E-state index is -0.452. The van der Waals surface area contributed by atoms with Gasteiger partial charge in [-0.1, -0.05) is 30.2 Å². The van der Waals surface area contributed by atoms with Crippen LogP contribution in [0.1, 0.15) is 39.4 Å². The quantitative estimate of drug-likeness (QED) is 0.632. The van der Waals surface area contributed by atoms with E-state index in [0.29, 0.717) is 15.6 Å². The molecule has 25 heavy (non-hydrogen) atoms. The first-order chi connectivity index (χ1) is 12.1. The van der Waals surface area contributed by atoms with Gasteiger partial charge in [0, 0.05) is 4.88 Å². The molecule has 5 nitrogen and oxygen atoms in total. The van der Waals surface area contributed by atoms with E-state index in [1.54, 1.807) is 24.3 Å². The van der Waals surface area contributed by atoms with E-state index in [1.165, 1.54) is 41.0 Å². The third-order valence-corrected chi connectivity index (χ3v) is 5.53. The van der Waals surface area contributed by atoms with Crippen molar-refractivity contribution in [3.63, 3.8) is 0 Å². The first-order valence-corrected chi connectivity index (χ1v) is 9.41. The highest BCUT2D eigenvalue weighted by molar-refractivity contribution is 7.14. The second kappa shape index (κ2) is 8.36. The van der Waals surface area contributed by atoms with Crippen molar-refractivity contribution < 1.29 is 14.3 Å². The standard InChI is InChI=1S/C18H19ClN2O3S/c19-13-7-4-5-8-14(13)24-11-17(22)20-21-18(23)16-10-12-6-2-1-3-9-15(12)25-16/h4-5,7-8,10H,1-3,6,9,11H2,(H,20,22)(H,21,23). The maximum absolute atomic E-state index is 12.2. The van der Waals surface area contributed by atoms with Crippen LogP contribution in [0.15, 0.2) is 30.3 Å². The normalized spacial score (nSPS) is 13.5. The molecule has 0 spiro atoms. The van der Waals surface area contributed by atoms with Crippen molar-refractivity contribution in [2.45, 2.75) is 32.1 Å². The van der Waals surface area contributed by atoms with Gasteiger partial charge in [0.15, 0.2) is 6.61 Å². The summed E-state index contributed by atoms with van der Waals surface area (Å²) >= 11 is 7.46. The van der Waals surface area contributed by atoms with Crippen molar-refractivity contribution >= 4 is 34.8 Å².